The largest absolute Gasteiger partial charge is 0.489 e. The van der Waals surface area contributed by atoms with Crippen molar-refractivity contribution in [2.24, 2.45) is 0 Å². The van der Waals surface area contributed by atoms with Gasteiger partial charge in [0.2, 0.25) is 0 Å². The fourth-order valence-electron chi connectivity index (χ4n) is 3.20. The minimum Gasteiger partial charge on any atom is -0.489 e. The Balaban J connectivity index is 1.63. The van der Waals surface area contributed by atoms with E-state index in [2.05, 4.69) is 31.2 Å². The van der Waals surface area contributed by atoms with Gasteiger partial charge in [-0.3, -0.25) is 0 Å². The van der Waals surface area contributed by atoms with Crippen molar-refractivity contribution in [3.05, 3.63) is 75.1 Å². The van der Waals surface area contributed by atoms with Crippen LogP contribution in [0.15, 0.2) is 51.7 Å². The minimum atomic E-state index is -0.194. The lowest BCUT2D eigenvalue weighted by Gasteiger charge is -2.09. The molecule has 1 heterocycles. The first-order valence-corrected chi connectivity index (χ1v) is 7.98. The van der Waals surface area contributed by atoms with Crippen LogP contribution in [-0.4, -0.2) is 0 Å². The number of rotatable bonds is 3. The zero-order valence-corrected chi connectivity index (χ0v) is 13.1. The van der Waals surface area contributed by atoms with Crippen LogP contribution in [0.1, 0.15) is 28.7 Å². The van der Waals surface area contributed by atoms with Crippen LogP contribution in [0.4, 0.5) is 0 Å². The second kappa shape index (κ2) is 5.58. The normalized spacial score (nSPS) is 13.3. The molecular formula is C20H18O3. The van der Waals surface area contributed by atoms with Crippen LogP contribution in [0, 0.1) is 6.92 Å². The van der Waals surface area contributed by atoms with Crippen molar-refractivity contribution in [1.29, 1.82) is 0 Å². The highest BCUT2D eigenvalue weighted by Gasteiger charge is 2.19. The van der Waals surface area contributed by atoms with Crippen LogP contribution in [0.3, 0.4) is 0 Å². The van der Waals surface area contributed by atoms with E-state index in [1.54, 1.807) is 0 Å². The van der Waals surface area contributed by atoms with Crippen molar-refractivity contribution in [2.45, 2.75) is 32.8 Å². The van der Waals surface area contributed by atoms with E-state index in [0.717, 1.165) is 47.1 Å². The van der Waals surface area contributed by atoms with Gasteiger partial charge in [0.25, 0.3) is 0 Å². The average Bonchev–Trinajstić information content (AvgIpc) is 3.05. The van der Waals surface area contributed by atoms with Crippen molar-refractivity contribution >= 4 is 11.0 Å². The molecule has 0 N–H and O–H groups in total. The van der Waals surface area contributed by atoms with Crippen molar-refractivity contribution in [1.82, 2.24) is 0 Å². The summed E-state index contributed by atoms with van der Waals surface area (Å²) >= 11 is 0. The van der Waals surface area contributed by atoms with Crippen LogP contribution in [0.25, 0.3) is 11.0 Å². The Labute approximate surface area is 134 Å². The van der Waals surface area contributed by atoms with Crippen LogP contribution in [0.2, 0.25) is 0 Å². The number of aryl methyl sites for hydroxylation is 2. The highest BCUT2D eigenvalue weighted by molar-refractivity contribution is 5.83. The van der Waals surface area contributed by atoms with E-state index >= 15 is 0 Å². The van der Waals surface area contributed by atoms with Gasteiger partial charge in [0.05, 0.1) is 0 Å². The molecule has 0 unspecified atom stereocenters. The molecule has 0 amide bonds. The third-order valence-corrected chi connectivity index (χ3v) is 4.47. The number of fused-ring (bicyclic) bond motifs is 3. The van der Waals surface area contributed by atoms with Gasteiger partial charge in [-0.15, -0.1) is 0 Å². The fourth-order valence-corrected chi connectivity index (χ4v) is 3.20. The summed E-state index contributed by atoms with van der Waals surface area (Å²) in [7, 11) is 0. The van der Waals surface area contributed by atoms with E-state index in [0.29, 0.717) is 12.2 Å². The lowest BCUT2D eigenvalue weighted by molar-refractivity contribution is 0.306. The van der Waals surface area contributed by atoms with E-state index in [1.807, 2.05) is 18.2 Å². The van der Waals surface area contributed by atoms with Gasteiger partial charge < -0.3 is 9.15 Å². The number of hydrogen-bond donors (Lipinski definition) is 0. The third-order valence-electron chi connectivity index (χ3n) is 4.47. The third kappa shape index (κ3) is 2.63. The maximum Gasteiger partial charge on any atom is 0.339 e. The van der Waals surface area contributed by atoms with Crippen LogP contribution >= 0.6 is 0 Å². The van der Waals surface area contributed by atoms with Crippen molar-refractivity contribution < 1.29 is 9.15 Å². The summed E-state index contributed by atoms with van der Waals surface area (Å²) in [5, 5.41) is 1.04. The van der Waals surface area contributed by atoms with E-state index in [1.165, 1.54) is 5.56 Å². The summed E-state index contributed by atoms with van der Waals surface area (Å²) < 4.78 is 11.3. The maximum absolute atomic E-state index is 12.0. The molecule has 1 aliphatic carbocycles. The zero-order chi connectivity index (χ0) is 15.8. The molecule has 0 saturated heterocycles. The molecule has 3 nitrogen and oxygen atoms in total. The van der Waals surface area contributed by atoms with Gasteiger partial charge >= 0.3 is 5.63 Å². The summed E-state index contributed by atoms with van der Waals surface area (Å²) in [5.41, 5.74) is 4.78. The van der Waals surface area contributed by atoms with Crippen LogP contribution < -0.4 is 10.4 Å². The number of benzene rings is 2. The SMILES string of the molecule is Cc1ccc(COc2ccc3c4c(c(=O)oc3c2)CCC4)cc1. The van der Waals surface area contributed by atoms with Gasteiger partial charge in [-0.1, -0.05) is 29.8 Å². The first kappa shape index (κ1) is 14.1. The van der Waals surface area contributed by atoms with Gasteiger partial charge in [-0.2, -0.15) is 0 Å². The molecule has 0 bridgehead atoms. The first-order chi connectivity index (χ1) is 11.2. The predicted octanol–water partition coefficient (Wildman–Crippen LogP) is 4.17. The summed E-state index contributed by atoms with van der Waals surface area (Å²) in [6, 6.07) is 14.0. The Bertz CT molecular complexity index is 920. The molecule has 3 heteroatoms. The molecule has 0 saturated carbocycles. The van der Waals surface area contributed by atoms with Crippen molar-refractivity contribution in [2.75, 3.05) is 0 Å². The Kier molecular flexibility index (Phi) is 3.41. The van der Waals surface area contributed by atoms with E-state index in [9.17, 15) is 4.79 Å². The lowest BCUT2D eigenvalue weighted by Crippen LogP contribution is -2.06. The standard InChI is InChI=1S/C20H18O3/c1-13-5-7-14(8-6-13)12-22-15-9-10-17-16-3-2-4-18(16)20(21)23-19(17)11-15/h5-11H,2-4,12H2,1H3. The fraction of sp³-hybridized carbons (Fsp3) is 0.250. The molecule has 0 spiro atoms. The summed E-state index contributed by atoms with van der Waals surface area (Å²) in [6.45, 7) is 2.56. The quantitative estimate of drug-likeness (QED) is 0.682. The number of ether oxygens (including phenoxy) is 1. The summed E-state index contributed by atoms with van der Waals surface area (Å²) in [6.07, 6.45) is 2.82. The van der Waals surface area contributed by atoms with Crippen molar-refractivity contribution in [3.8, 4) is 5.75 Å². The highest BCUT2D eigenvalue weighted by Crippen LogP contribution is 2.29. The molecule has 23 heavy (non-hydrogen) atoms. The maximum atomic E-state index is 12.0. The van der Waals surface area contributed by atoms with Gasteiger partial charge in [0.1, 0.15) is 17.9 Å². The second-order valence-corrected chi connectivity index (χ2v) is 6.13. The molecule has 1 aromatic heterocycles. The molecular weight excluding hydrogens is 288 g/mol. The van der Waals surface area contributed by atoms with E-state index in [-0.39, 0.29) is 5.63 Å². The highest BCUT2D eigenvalue weighted by atomic mass is 16.5. The minimum absolute atomic E-state index is 0.194. The molecule has 4 rings (SSSR count). The zero-order valence-electron chi connectivity index (χ0n) is 13.1. The molecule has 1 aliphatic rings. The predicted molar refractivity (Wildman–Crippen MR) is 90.0 cm³/mol. The molecule has 0 atom stereocenters. The Morgan fingerprint density at radius 3 is 2.65 bits per heavy atom. The topological polar surface area (TPSA) is 39.4 Å². The van der Waals surface area contributed by atoms with E-state index in [4.69, 9.17) is 9.15 Å². The Morgan fingerprint density at radius 1 is 1.04 bits per heavy atom. The molecule has 0 radical (unpaired) electrons. The van der Waals surface area contributed by atoms with Crippen LogP contribution in [-0.2, 0) is 19.4 Å². The Morgan fingerprint density at radius 2 is 1.83 bits per heavy atom. The summed E-state index contributed by atoms with van der Waals surface area (Å²) in [4.78, 5) is 12.0. The molecule has 0 aliphatic heterocycles. The molecule has 116 valence electrons. The molecule has 0 fully saturated rings. The molecule has 3 aromatic rings. The van der Waals surface area contributed by atoms with Gasteiger partial charge in [-0.05, 0) is 49.4 Å². The lowest BCUT2D eigenvalue weighted by atomic mass is 10.1. The van der Waals surface area contributed by atoms with E-state index < -0.39 is 0 Å². The smallest absolute Gasteiger partial charge is 0.339 e. The first-order valence-electron chi connectivity index (χ1n) is 7.98. The monoisotopic (exact) mass is 306 g/mol. The average molecular weight is 306 g/mol. The van der Waals surface area contributed by atoms with Gasteiger partial charge in [0, 0.05) is 17.0 Å². The van der Waals surface area contributed by atoms with Gasteiger partial charge in [-0.25, -0.2) is 4.79 Å². The molecule has 2 aromatic carbocycles. The van der Waals surface area contributed by atoms with Crippen molar-refractivity contribution in [3.63, 3.8) is 0 Å². The summed E-state index contributed by atoms with van der Waals surface area (Å²) in [5.74, 6) is 0.721. The second-order valence-electron chi connectivity index (χ2n) is 6.13. The van der Waals surface area contributed by atoms with Gasteiger partial charge in [0.15, 0.2) is 0 Å². The van der Waals surface area contributed by atoms with Crippen LogP contribution in [0.5, 0.6) is 5.75 Å². The number of hydrogen-bond acceptors (Lipinski definition) is 3. The Hall–Kier alpha value is -2.55.